The average molecular weight is 496 g/mol. The van der Waals surface area contributed by atoms with Crippen molar-refractivity contribution in [2.24, 2.45) is 0 Å². The number of aliphatic carboxylic acids is 1. The summed E-state index contributed by atoms with van der Waals surface area (Å²) in [6.45, 7) is 14.8. The van der Waals surface area contributed by atoms with Gasteiger partial charge in [0.2, 0.25) is 0 Å². The van der Waals surface area contributed by atoms with Crippen molar-refractivity contribution in [3.8, 4) is 16.9 Å². The first-order valence-corrected chi connectivity index (χ1v) is 12.7. The second kappa shape index (κ2) is 10.1. The van der Waals surface area contributed by atoms with Gasteiger partial charge < -0.3 is 19.3 Å². The molecule has 0 radical (unpaired) electrons. The summed E-state index contributed by atoms with van der Waals surface area (Å²) in [6.07, 6.45) is 2.46. The lowest BCUT2D eigenvalue weighted by molar-refractivity contribution is -0.160. The van der Waals surface area contributed by atoms with Gasteiger partial charge in [-0.2, -0.15) is 0 Å². The minimum absolute atomic E-state index is 0.419. The summed E-state index contributed by atoms with van der Waals surface area (Å²) in [5.41, 5.74) is 5.39. The van der Waals surface area contributed by atoms with E-state index in [1.165, 1.54) is 0 Å². The first kappa shape index (κ1) is 25.4. The van der Waals surface area contributed by atoms with Gasteiger partial charge in [-0.05, 0) is 70.7 Å². The van der Waals surface area contributed by atoms with Crippen LogP contribution < -0.4 is 4.74 Å². The van der Waals surface area contributed by atoms with Crippen LogP contribution in [0.25, 0.3) is 21.3 Å². The van der Waals surface area contributed by atoms with Crippen molar-refractivity contribution in [3.63, 3.8) is 0 Å². The number of carbonyl (C=O) groups is 1. The molecule has 0 bridgehead atoms. The average Bonchev–Trinajstić information content (AvgIpc) is 3.10. The van der Waals surface area contributed by atoms with Crippen molar-refractivity contribution >= 4 is 27.5 Å². The van der Waals surface area contributed by atoms with Gasteiger partial charge in [-0.15, -0.1) is 17.9 Å². The Morgan fingerprint density at radius 1 is 1.34 bits per heavy atom. The number of carboxylic acids is 1. The van der Waals surface area contributed by atoms with E-state index in [0.29, 0.717) is 24.5 Å². The van der Waals surface area contributed by atoms with Gasteiger partial charge in [0.05, 0.1) is 35.6 Å². The van der Waals surface area contributed by atoms with E-state index in [2.05, 4.69) is 19.6 Å². The lowest BCUT2D eigenvalue weighted by atomic mass is 9.91. The maximum atomic E-state index is 12.5. The van der Waals surface area contributed by atoms with Crippen LogP contribution in [0.1, 0.15) is 60.6 Å². The third-order valence-corrected chi connectivity index (χ3v) is 7.14. The second-order valence-corrected chi connectivity index (χ2v) is 11.1. The van der Waals surface area contributed by atoms with E-state index < -0.39 is 17.7 Å². The number of thiophene rings is 1. The van der Waals surface area contributed by atoms with Crippen LogP contribution in [0.2, 0.25) is 0 Å². The number of benzene rings is 1. The van der Waals surface area contributed by atoms with Gasteiger partial charge >= 0.3 is 5.97 Å². The summed E-state index contributed by atoms with van der Waals surface area (Å²) < 4.78 is 18.7. The Bertz CT molecular complexity index is 1270. The molecule has 35 heavy (non-hydrogen) atoms. The van der Waals surface area contributed by atoms with Gasteiger partial charge in [-0.3, -0.25) is 4.98 Å². The molecule has 1 N–H and O–H groups in total. The molecule has 1 aromatic carbocycles. The number of ether oxygens (including phenoxy) is 3. The largest absolute Gasteiger partial charge is 0.493 e. The summed E-state index contributed by atoms with van der Waals surface area (Å²) in [4.78, 5) is 18.5. The first-order valence-electron chi connectivity index (χ1n) is 11.9. The van der Waals surface area contributed by atoms with Crippen LogP contribution in [0.5, 0.6) is 5.75 Å². The van der Waals surface area contributed by atoms with Crippen LogP contribution in [-0.2, 0) is 27.3 Å². The maximum Gasteiger partial charge on any atom is 0.337 e. The third kappa shape index (κ3) is 5.27. The fourth-order valence-corrected chi connectivity index (χ4v) is 5.69. The van der Waals surface area contributed by atoms with E-state index in [4.69, 9.17) is 19.2 Å². The van der Waals surface area contributed by atoms with E-state index in [9.17, 15) is 9.90 Å². The summed E-state index contributed by atoms with van der Waals surface area (Å²) >= 11 is 1.62. The van der Waals surface area contributed by atoms with E-state index >= 15 is 0 Å². The topological polar surface area (TPSA) is 77.9 Å². The zero-order valence-corrected chi connectivity index (χ0v) is 21.9. The molecule has 0 amide bonds. The van der Waals surface area contributed by atoms with Crippen molar-refractivity contribution in [2.75, 3.05) is 13.2 Å². The van der Waals surface area contributed by atoms with Gasteiger partial charge in [0.1, 0.15) is 5.75 Å². The number of hydrogen-bond donors (Lipinski definition) is 1. The number of nitrogens with zero attached hydrogens (tertiary/aromatic N) is 1. The molecule has 1 aliphatic heterocycles. The summed E-state index contributed by atoms with van der Waals surface area (Å²) in [5, 5.41) is 10.3. The molecule has 1 aliphatic rings. The molecule has 3 aromatic rings. The highest BCUT2D eigenvalue weighted by molar-refractivity contribution is 7.19. The normalized spacial score (nSPS) is 14.4. The Morgan fingerprint density at radius 2 is 2.11 bits per heavy atom. The number of aryl methyl sites for hydroxylation is 3. The monoisotopic (exact) mass is 495 g/mol. The van der Waals surface area contributed by atoms with Crippen LogP contribution in [-0.4, -0.2) is 34.9 Å². The molecule has 0 spiro atoms. The highest BCUT2D eigenvalue weighted by atomic mass is 32.1. The number of aromatic nitrogens is 1. The third-order valence-electron chi connectivity index (χ3n) is 5.98. The Kier molecular flexibility index (Phi) is 7.31. The Balaban J connectivity index is 2.00. The van der Waals surface area contributed by atoms with Crippen molar-refractivity contribution in [1.82, 2.24) is 4.98 Å². The highest BCUT2D eigenvalue weighted by Crippen LogP contribution is 2.45. The van der Waals surface area contributed by atoms with Gasteiger partial charge in [0.15, 0.2) is 6.10 Å². The summed E-state index contributed by atoms with van der Waals surface area (Å²) in [6, 6.07) is 6.14. The molecular formula is C28H33NO5S. The van der Waals surface area contributed by atoms with Crippen molar-refractivity contribution < 1.29 is 24.1 Å². The predicted molar refractivity (Wildman–Crippen MR) is 139 cm³/mol. The minimum Gasteiger partial charge on any atom is -0.493 e. The lowest BCUT2D eigenvalue weighted by Gasteiger charge is -2.28. The Labute approximate surface area is 210 Å². The summed E-state index contributed by atoms with van der Waals surface area (Å²) in [5.74, 6) is -0.139. The Morgan fingerprint density at radius 3 is 2.80 bits per heavy atom. The molecule has 2 aromatic heterocycles. The van der Waals surface area contributed by atoms with Crippen molar-refractivity contribution in [3.05, 3.63) is 58.1 Å². The zero-order chi connectivity index (χ0) is 25.3. The molecule has 0 fully saturated rings. The highest BCUT2D eigenvalue weighted by Gasteiger charge is 2.33. The van der Waals surface area contributed by atoms with Crippen molar-refractivity contribution in [2.45, 2.75) is 65.8 Å². The SMILES string of the molecule is C=CCOCc1c(C)sc2c(-c3ccc4c(c3)CCCO4)c([C@H](OC(C)(C)C)C(=O)O)c(C)nc12. The molecule has 6 nitrogen and oxygen atoms in total. The van der Waals surface area contributed by atoms with E-state index in [1.807, 2.05) is 39.8 Å². The Hall–Kier alpha value is -2.74. The van der Waals surface area contributed by atoms with Gasteiger partial charge in [-0.25, -0.2) is 4.79 Å². The number of hydrogen-bond acceptors (Lipinski definition) is 6. The molecule has 0 unspecified atom stereocenters. The zero-order valence-electron chi connectivity index (χ0n) is 21.1. The van der Waals surface area contributed by atoms with E-state index in [0.717, 1.165) is 62.5 Å². The van der Waals surface area contributed by atoms with Crippen LogP contribution in [0.15, 0.2) is 30.9 Å². The van der Waals surface area contributed by atoms with Gasteiger partial charge in [0.25, 0.3) is 0 Å². The van der Waals surface area contributed by atoms with Crippen LogP contribution in [0, 0.1) is 13.8 Å². The fraction of sp³-hybridized carbons (Fsp3) is 0.429. The van der Waals surface area contributed by atoms with Crippen LogP contribution in [0.3, 0.4) is 0 Å². The number of carboxylic acid groups (broad SMARTS) is 1. The van der Waals surface area contributed by atoms with E-state index in [-0.39, 0.29) is 0 Å². The quantitative estimate of drug-likeness (QED) is 0.282. The molecule has 0 saturated carbocycles. The molecule has 186 valence electrons. The predicted octanol–water partition coefficient (Wildman–Crippen LogP) is 6.55. The minimum atomic E-state index is -1.16. The first-order chi connectivity index (χ1) is 16.6. The van der Waals surface area contributed by atoms with Gasteiger partial charge in [0, 0.05) is 27.3 Å². The molecule has 3 heterocycles. The fourth-order valence-electron chi connectivity index (χ4n) is 4.51. The maximum absolute atomic E-state index is 12.5. The standard InChI is InChI=1S/C28H33NO5S/c1-7-12-32-15-20-17(3)35-26-23(19-10-11-21-18(14-19)9-8-13-33-21)22(16(2)29-24(20)26)25(27(30)31)34-28(4,5)6/h7,10-11,14,25H,1,8-9,12-13,15H2,2-6H3,(H,30,31)/t25-/m0/s1. The van der Waals surface area contributed by atoms with Gasteiger partial charge in [-0.1, -0.05) is 12.1 Å². The number of pyridine rings is 1. The summed E-state index contributed by atoms with van der Waals surface area (Å²) in [7, 11) is 0. The molecule has 7 heteroatoms. The van der Waals surface area contributed by atoms with E-state index in [1.54, 1.807) is 17.4 Å². The molecule has 0 saturated heterocycles. The molecule has 4 rings (SSSR count). The van der Waals surface area contributed by atoms with Crippen LogP contribution >= 0.6 is 11.3 Å². The number of fused-ring (bicyclic) bond motifs is 2. The smallest absolute Gasteiger partial charge is 0.337 e. The number of rotatable bonds is 8. The molecule has 0 aliphatic carbocycles. The van der Waals surface area contributed by atoms with Crippen LogP contribution in [0.4, 0.5) is 0 Å². The van der Waals surface area contributed by atoms with Crippen molar-refractivity contribution in [1.29, 1.82) is 0 Å². The molecule has 1 atom stereocenters. The second-order valence-electron chi connectivity index (χ2n) is 9.83. The lowest BCUT2D eigenvalue weighted by Crippen LogP contribution is -2.28. The molecular weight excluding hydrogens is 462 g/mol.